The van der Waals surface area contributed by atoms with Crippen molar-refractivity contribution < 1.29 is 4.21 Å². The fourth-order valence-electron chi connectivity index (χ4n) is 0.771. The molecule has 4 heteroatoms. The van der Waals surface area contributed by atoms with Gasteiger partial charge >= 0.3 is 0 Å². The molecule has 2 N–H and O–H groups in total. The predicted molar refractivity (Wildman–Crippen MR) is 54.9 cm³/mol. The number of rotatable bonds is 6. The highest BCUT2D eigenvalue weighted by Gasteiger charge is 1.94. The lowest BCUT2D eigenvalue weighted by Crippen LogP contribution is -2.13. The molecule has 0 amide bonds. The van der Waals surface area contributed by atoms with Crippen LogP contribution in [0.2, 0.25) is 0 Å². The van der Waals surface area contributed by atoms with Crippen LogP contribution >= 0.6 is 0 Å². The average Bonchev–Trinajstić information content (AvgIpc) is 2.04. The van der Waals surface area contributed by atoms with Crippen LogP contribution in [0, 0.1) is 0 Å². The Morgan fingerprint density at radius 1 is 1.50 bits per heavy atom. The molecule has 0 saturated heterocycles. The van der Waals surface area contributed by atoms with Crippen LogP contribution in [0.3, 0.4) is 0 Å². The van der Waals surface area contributed by atoms with Crippen LogP contribution in [0.4, 0.5) is 0 Å². The van der Waals surface area contributed by atoms with E-state index >= 15 is 0 Å². The van der Waals surface area contributed by atoms with Crippen LogP contribution in [0.5, 0.6) is 0 Å². The van der Waals surface area contributed by atoms with E-state index in [2.05, 4.69) is 11.9 Å². The fraction of sp³-hybridized carbons (Fsp3) is 0.875. The second-order valence-corrected chi connectivity index (χ2v) is 4.42. The SMILES string of the molecule is CCCC(N)=NCCS(=O)CC. The Kier molecular flexibility index (Phi) is 7.05. The molecular formula is C8H18N2OS. The van der Waals surface area contributed by atoms with E-state index in [1.54, 1.807) is 0 Å². The molecule has 1 unspecified atom stereocenters. The lowest BCUT2D eigenvalue weighted by Gasteiger charge is -1.97. The normalized spacial score (nSPS) is 14.7. The van der Waals surface area contributed by atoms with Crippen LogP contribution < -0.4 is 5.73 Å². The molecule has 0 heterocycles. The lowest BCUT2D eigenvalue weighted by molar-refractivity contribution is 0.683. The van der Waals surface area contributed by atoms with Crippen molar-refractivity contribution in [2.24, 2.45) is 10.7 Å². The molecule has 12 heavy (non-hydrogen) atoms. The Morgan fingerprint density at radius 2 is 2.17 bits per heavy atom. The van der Waals surface area contributed by atoms with Crippen molar-refractivity contribution in [3.05, 3.63) is 0 Å². The third kappa shape index (κ3) is 6.34. The minimum Gasteiger partial charge on any atom is -0.387 e. The number of hydrogen-bond acceptors (Lipinski definition) is 2. The minimum absolute atomic E-state index is 0.603. The number of hydrogen-bond donors (Lipinski definition) is 1. The quantitative estimate of drug-likeness (QED) is 0.500. The molecule has 0 rings (SSSR count). The van der Waals surface area contributed by atoms with E-state index in [0.717, 1.165) is 12.8 Å². The van der Waals surface area contributed by atoms with Gasteiger partial charge < -0.3 is 5.73 Å². The smallest absolute Gasteiger partial charge is 0.0937 e. The molecule has 0 aliphatic carbocycles. The largest absolute Gasteiger partial charge is 0.387 e. The zero-order valence-electron chi connectivity index (χ0n) is 7.88. The molecule has 0 spiro atoms. The monoisotopic (exact) mass is 190 g/mol. The zero-order valence-corrected chi connectivity index (χ0v) is 8.69. The summed E-state index contributed by atoms with van der Waals surface area (Å²) in [6.45, 7) is 4.58. The number of aliphatic imine (C=N–C) groups is 1. The van der Waals surface area contributed by atoms with E-state index in [0.29, 0.717) is 23.9 Å². The van der Waals surface area contributed by atoms with E-state index in [1.807, 2.05) is 6.92 Å². The van der Waals surface area contributed by atoms with E-state index in [4.69, 9.17) is 5.73 Å². The molecule has 0 aliphatic heterocycles. The molecule has 3 nitrogen and oxygen atoms in total. The maximum absolute atomic E-state index is 11.0. The lowest BCUT2D eigenvalue weighted by atomic mass is 10.3. The summed E-state index contributed by atoms with van der Waals surface area (Å²) in [4.78, 5) is 4.10. The Labute approximate surface area is 76.9 Å². The molecule has 0 radical (unpaired) electrons. The standard InChI is InChI=1S/C8H18N2OS/c1-3-5-8(9)10-6-7-12(11)4-2/h3-7H2,1-2H3,(H2,9,10). The van der Waals surface area contributed by atoms with E-state index in [1.165, 1.54) is 0 Å². The van der Waals surface area contributed by atoms with Gasteiger partial charge in [-0.05, 0) is 6.42 Å². The average molecular weight is 190 g/mol. The number of amidine groups is 1. The van der Waals surface area contributed by atoms with Gasteiger partial charge in [0.25, 0.3) is 0 Å². The highest BCUT2D eigenvalue weighted by Crippen LogP contribution is 1.88. The van der Waals surface area contributed by atoms with Gasteiger partial charge in [-0.1, -0.05) is 13.8 Å². The third-order valence-corrected chi connectivity index (χ3v) is 2.74. The van der Waals surface area contributed by atoms with Gasteiger partial charge in [-0.15, -0.1) is 0 Å². The molecule has 0 fully saturated rings. The summed E-state index contributed by atoms with van der Waals surface area (Å²) in [5.74, 6) is 2.04. The van der Waals surface area contributed by atoms with Crippen LogP contribution in [0.15, 0.2) is 4.99 Å². The fourth-order valence-corrected chi connectivity index (χ4v) is 1.35. The summed E-state index contributed by atoms with van der Waals surface area (Å²) in [6.07, 6.45) is 1.87. The predicted octanol–water partition coefficient (Wildman–Crippen LogP) is 0.912. The summed E-state index contributed by atoms with van der Waals surface area (Å²) in [7, 11) is -0.710. The summed E-state index contributed by atoms with van der Waals surface area (Å²) in [6, 6.07) is 0. The molecule has 0 saturated carbocycles. The summed E-state index contributed by atoms with van der Waals surface area (Å²) < 4.78 is 11.0. The zero-order chi connectivity index (χ0) is 9.40. The van der Waals surface area contributed by atoms with Gasteiger partial charge in [0, 0.05) is 28.7 Å². The topological polar surface area (TPSA) is 55.4 Å². The number of nitrogens with two attached hydrogens (primary N) is 1. The molecule has 0 bridgehead atoms. The summed E-state index contributed by atoms with van der Waals surface area (Å²) >= 11 is 0. The molecular weight excluding hydrogens is 172 g/mol. The van der Waals surface area contributed by atoms with Crippen LogP contribution in [0.1, 0.15) is 26.7 Å². The second kappa shape index (κ2) is 7.28. The maximum atomic E-state index is 11.0. The molecule has 0 aliphatic rings. The van der Waals surface area contributed by atoms with Crippen molar-refractivity contribution in [2.75, 3.05) is 18.1 Å². The first-order valence-electron chi connectivity index (χ1n) is 4.34. The highest BCUT2D eigenvalue weighted by molar-refractivity contribution is 7.84. The Morgan fingerprint density at radius 3 is 2.67 bits per heavy atom. The van der Waals surface area contributed by atoms with Gasteiger partial charge in [0.15, 0.2) is 0 Å². The van der Waals surface area contributed by atoms with Gasteiger partial charge in [-0.25, -0.2) is 0 Å². The van der Waals surface area contributed by atoms with Crippen molar-refractivity contribution in [1.29, 1.82) is 0 Å². The van der Waals surface area contributed by atoms with Gasteiger partial charge in [0.1, 0.15) is 0 Å². The van der Waals surface area contributed by atoms with E-state index in [9.17, 15) is 4.21 Å². The van der Waals surface area contributed by atoms with E-state index < -0.39 is 10.8 Å². The van der Waals surface area contributed by atoms with Gasteiger partial charge in [-0.3, -0.25) is 9.20 Å². The summed E-state index contributed by atoms with van der Waals surface area (Å²) in [5.41, 5.74) is 5.56. The first-order chi connectivity index (χ1) is 5.70. The van der Waals surface area contributed by atoms with Gasteiger partial charge in [0.2, 0.25) is 0 Å². The molecule has 0 aromatic heterocycles. The first-order valence-corrected chi connectivity index (χ1v) is 5.83. The molecule has 72 valence electrons. The maximum Gasteiger partial charge on any atom is 0.0937 e. The Hall–Kier alpha value is -0.380. The number of nitrogens with zero attached hydrogens (tertiary/aromatic N) is 1. The summed E-state index contributed by atoms with van der Waals surface area (Å²) in [5, 5.41) is 0. The van der Waals surface area contributed by atoms with Crippen LogP contribution in [-0.4, -0.2) is 28.1 Å². The van der Waals surface area contributed by atoms with Crippen molar-refractivity contribution >= 4 is 16.6 Å². The third-order valence-electron chi connectivity index (χ3n) is 1.46. The van der Waals surface area contributed by atoms with Crippen molar-refractivity contribution in [2.45, 2.75) is 26.7 Å². The Balaban J connectivity index is 3.52. The molecule has 1 atom stereocenters. The van der Waals surface area contributed by atoms with Gasteiger partial charge in [-0.2, -0.15) is 0 Å². The van der Waals surface area contributed by atoms with Crippen LogP contribution in [0.25, 0.3) is 0 Å². The molecule has 0 aromatic carbocycles. The second-order valence-electron chi connectivity index (χ2n) is 2.56. The van der Waals surface area contributed by atoms with Crippen molar-refractivity contribution in [3.63, 3.8) is 0 Å². The van der Waals surface area contributed by atoms with Crippen molar-refractivity contribution in [3.8, 4) is 0 Å². The van der Waals surface area contributed by atoms with E-state index in [-0.39, 0.29) is 0 Å². The van der Waals surface area contributed by atoms with Crippen LogP contribution in [-0.2, 0) is 10.8 Å². The minimum atomic E-state index is -0.710. The Bertz CT molecular complexity index is 168. The van der Waals surface area contributed by atoms with Crippen molar-refractivity contribution in [1.82, 2.24) is 0 Å². The molecule has 0 aromatic rings. The first kappa shape index (κ1) is 11.6. The highest BCUT2D eigenvalue weighted by atomic mass is 32.2. The van der Waals surface area contributed by atoms with Gasteiger partial charge in [0.05, 0.1) is 12.4 Å².